The number of nitrogens with one attached hydrogen (secondary N) is 1. The van der Waals surface area contributed by atoms with Crippen LogP contribution < -0.4 is 10.3 Å². The molecule has 10 rings (SSSR count). The molecule has 2 atom stereocenters. The van der Waals surface area contributed by atoms with Crippen molar-refractivity contribution in [3.05, 3.63) is 177 Å². The number of H-pyrrole nitrogens is 1. The van der Waals surface area contributed by atoms with Crippen molar-refractivity contribution in [1.29, 1.82) is 0 Å². The number of likely N-dealkylation sites (tertiary alicyclic amines) is 1. The predicted molar refractivity (Wildman–Crippen MR) is 269 cm³/mol. The second-order valence-electron chi connectivity index (χ2n) is 19.4. The molecule has 0 radical (unpaired) electrons. The molecule has 4 saturated heterocycles. The van der Waals surface area contributed by atoms with Crippen molar-refractivity contribution in [3.8, 4) is 11.5 Å². The van der Waals surface area contributed by atoms with Gasteiger partial charge in [0.05, 0.1) is 29.9 Å². The van der Waals surface area contributed by atoms with Crippen LogP contribution in [0, 0.1) is 5.92 Å². The number of aromatic amines is 1. The van der Waals surface area contributed by atoms with E-state index in [0.29, 0.717) is 93.0 Å². The molecule has 4 aliphatic heterocycles. The number of amides is 2. The summed E-state index contributed by atoms with van der Waals surface area (Å²) in [5.41, 5.74) is 4.43. The molecule has 1 aromatic heterocycles. The zero-order chi connectivity index (χ0) is 48.5. The minimum Gasteiger partial charge on any atom is -0.506 e. The van der Waals surface area contributed by atoms with Crippen LogP contribution in [0.1, 0.15) is 90.9 Å². The van der Waals surface area contributed by atoms with E-state index in [2.05, 4.69) is 9.88 Å². The van der Waals surface area contributed by atoms with Crippen molar-refractivity contribution >= 4 is 28.7 Å². The molecule has 0 saturated carbocycles. The monoisotopic (exact) mass is 944 g/mol. The molecule has 12 heteroatoms. The fraction of sp³-hybridized carbons (Fsp3) is 0.379. The van der Waals surface area contributed by atoms with Crippen LogP contribution in [-0.2, 0) is 50.5 Å². The van der Waals surface area contributed by atoms with E-state index in [9.17, 15) is 29.4 Å². The highest BCUT2D eigenvalue weighted by molar-refractivity contribution is 5.87. The Morgan fingerprint density at radius 2 is 1.43 bits per heavy atom. The van der Waals surface area contributed by atoms with Gasteiger partial charge in [-0.15, -0.1) is 0 Å². The van der Waals surface area contributed by atoms with Gasteiger partial charge in [-0.2, -0.15) is 0 Å². The second-order valence-corrected chi connectivity index (χ2v) is 19.4. The molecule has 5 heterocycles. The molecule has 4 aliphatic rings. The summed E-state index contributed by atoms with van der Waals surface area (Å²) in [6.07, 6.45) is 5.32. The van der Waals surface area contributed by atoms with Crippen molar-refractivity contribution in [1.82, 2.24) is 19.7 Å². The van der Waals surface area contributed by atoms with Crippen LogP contribution in [0.4, 0.5) is 0 Å². The average Bonchev–Trinajstić information content (AvgIpc) is 3.39. The summed E-state index contributed by atoms with van der Waals surface area (Å²) in [6.45, 7) is 5.14. The molecule has 0 spiro atoms. The molecule has 70 heavy (non-hydrogen) atoms. The molecule has 2 bridgehead atoms. The number of hydrogen-bond acceptors (Lipinski definition) is 9. The van der Waals surface area contributed by atoms with Gasteiger partial charge in [0, 0.05) is 49.7 Å². The molecular weight excluding hydrogens is 881 g/mol. The summed E-state index contributed by atoms with van der Waals surface area (Å²) >= 11 is 0. The summed E-state index contributed by atoms with van der Waals surface area (Å²) in [7, 11) is 0. The molecule has 364 valence electrons. The fourth-order valence-electron chi connectivity index (χ4n) is 10.7. The number of piperidine rings is 4. The van der Waals surface area contributed by atoms with Crippen LogP contribution in [0.5, 0.6) is 11.5 Å². The van der Waals surface area contributed by atoms with E-state index in [1.807, 2.05) is 119 Å². The van der Waals surface area contributed by atoms with E-state index < -0.39 is 11.5 Å². The molecule has 6 aromatic rings. The van der Waals surface area contributed by atoms with Crippen molar-refractivity contribution in [2.24, 2.45) is 5.92 Å². The van der Waals surface area contributed by atoms with Crippen molar-refractivity contribution in [3.63, 3.8) is 0 Å². The first-order valence-corrected chi connectivity index (χ1v) is 25.0. The molecular formula is C58H64N4O8. The SMILES string of the molecule is O=C(Cc1ccc(CC(=O)N(CCCCC[C@H](O)c2ccc(O)c3[nH]c(=O)ccc23)Cc2ccccc2OCc2ccccc2)cc1)N1CCC(C(=O)O[C@H]2CN3CCC2CC3)(c2ccccc2)CC1. The van der Waals surface area contributed by atoms with Crippen LogP contribution in [0.25, 0.3) is 10.9 Å². The Kier molecular flexibility index (Phi) is 15.4. The number of aromatic nitrogens is 1. The lowest BCUT2D eigenvalue weighted by Gasteiger charge is -2.46. The second kappa shape index (κ2) is 22.3. The minimum absolute atomic E-state index is 0.0100. The number of para-hydroxylation sites is 1. The third kappa shape index (κ3) is 11.5. The number of aliphatic hydroxyl groups is 1. The van der Waals surface area contributed by atoms with Gasteiger partial charge >= 0.3 is 5.97 Å². The van der Waals surface area contributed by atoms with Gasteiger partial charge in [0.25, 0.3) is 0 Å². The number of carbonyl (C=O) groups is 3. The Morgan fingerprint density at radius 1 is 0.743 bits per heavy atom. The van der Waals surface area contributed by atoms with Crippen molar-refractivity contribution in [2.75, 3.05) is 39.3 Å². The number of benzene rings is 5. The third-order valence-electron chi connectivity index (χ3n) is 14.9. The van der Waals surface area contributed by atoms with Crippen LogP contribution in [0.3, 0.4) is 0 Å². The largest absolute Gasteiger partial charge is 0.506 e. The van der Waals surface area contributed by atoms with Crippen LogP contribution >= 0.6 is 0 Å². The minimum atomic E-state index is -0.798. The van der Waals surface area contributed by atoms with Crippen LogP contribution in [0.2, 0.25) is 0 Å². The summed E-state index contributed by atoms with van der Waals surface area (Å²) < 4.78 is 12.6. The Bertz CT molecular complexity index is 2780. The molecule has 3 N–H and O–H groups in total. The van der Waals surface area contributed by atoms with E-state index in [1.165, 1.54) is 12.1 Å². The smallest absolute Gasteiger partial charge is 0.317 e. The number of rotatable bonds is 19. The summed E-state index contributed by atoms with van der Waals surface area (Å²) in [6, 6.07) is 41.6. The lowest BCUT2D eigenvalue weighted by Crippen LogP contribution is -2.55. The molecule has 5 aromatic carbocycles. The number of ether oxygens (including phenoxy) is 2. The highest BCUT2D eigenvalue weighted by atomic mass is 16.5. The molecule has 2 amide bonds. The number of fused-ring (bicyclic) bond motifs is 4. The van der Waals surface area contributed by atoms with Gasteiger partial charge in [-0.1, -0.05) is 122 Å². The first kappa shape index (κ1) is 48.3. The number of phenols is 1. The number of pyridine rings is 1. The summed E-state index contributed by atoms with van der Waals surface area (Å²) in [4.78, 5) is 62.9. The Hall–Kier alpha value is -6.76. The Morgan fingerprint density at radius 3 is 2.14 bits per heavy atom. The van der Waals surface area contributed by atoms with Gasteiger partial charge in [-0.05, 0) is 104 Å². The van der Waals surface area contributed by atoms with Gasteiger partial charge < -0.3 is 34.5 Å². The fourth-order valence-corrected chi connectivity index (χ4v) is 10.7. The number of nitrogens with zero attached hydrogens (tertiary/aromatic N) is 3. The van der Waals surface area contributed by atoms with Crippen molar-refractivity contribution < 1.29 is 34.1 Å². The maximum atomic E-state index is 14.3. The van der Waals surface area contributed by atoms with E-state index >= 15 is 0 Å². The summed E-state index contributed by atoms with van der Waals surface area (Å²) in [5, 5.41) is 22.1. The van der Waals surface area contributed by atoms with Gasteiger partial charge in [-0.3, -0.25) is 24.1 Å². The highest BCUT2D eigenvalue weighted by Gasteiger charge is 2.47. The maximum Gasteiger partial charge on any atom is 0.317 e. The van der Waals surface area contributed by atoms with Crippen LogP contribution in [0.15, 0.2) is 138 Å². The number of hydrogen-bond donors (Lipinski definition) is 3. The van der Waals surface area contributed by atoms with E-state index in [0.717, 1.165) is 66.7 Å². The van der Waals surface area contributed by atoms with E-state index in [1.54, 1.807) is 12.1 Å². The van der Waals surface area contributed by atoms with Crippen LogP contribution in [-0.4, -0.2) is 93.1 Å². The normalized spacial score (nSPS) is 18.8. The Labute approximate surface area is 409 Å². The predicted octanol–water partition coefficient (Wildman–Crippen LogP) is 8.42. The molecule has 4 fully saturated rings. The molecule has 0 unspecified atom stereocenters. The molecule has 12 nitrogen and oxygen atoms in total. The first-order valence-electron chi connectivity index (χ1n) is 25.0. The quantitative estimate of drug-likeness (QED) is 0.0537. The number of aliphatic hydroxyl groups excluding tert-OH is 1. The lowest BCUT2D eigenvalue weighted by molar-refractivity contribution is -0.168. The zero-order valence-electron chi connectivity index (χ0n) is 39.8. The number of unbranched alkanes of at least 4 members (excludes halogenated alkanes) is 2. The van der Waals surface area contributed by atoms with Crippen molar-refractivity contribution in [2.45, 2.75) is 95.0 Å². The third-order valence-corrected chi connectivity index (χ3v) is 14.9. The average molecular weight is 945 g/mol. The number of phenolic OH excluding ortho intramolecular Hbond substituents is 1. The Balaban J connectivity index is 0.816. The van der Waals surface area contributed by atoms with E-state index in [4.69, 9.17) is 9.47 Å². The zero-order valence-corrected chi connectivity index (χ0v) is 39.8. The van der Waals surface area contributed by atoms with Gasteiger partial charge in [-0.25, -0.2) is 0 Å². The van der Waals surface area contributed by atoms with E-state index in [-0.39, 0.29) is 48.0 Å². The van der Waals surface area contributed by atoms with Gasteiger partial charge in [0.2, 0.25) is 17.4 Å². The maximum absolute atomic E-state index is 14.3. The molecule has 0 aliphatic carbocycles. The first-order chi connectivity index (χ1) is 34.1. The topological polar surface area (TPSA) is 153 Å². The van der Waals surface area contributed by atoms with Gasteiger partial charge in [0.1, 0.15) is 24.2 Å². The standard InChI is InChI=1S/C58H64N4O8/c63-49(47-23-25-50(64)56-48(47)24-26-53(65)59-56)17-8-3-11-31-62(38-45-14-9-10-18-51(45)69-40-43-12-4-1-5-13-43)55(67)37-42-21-19-41(20-22-42)36-54(66)61-34-29-58(30-35-61,46-15-6-2-7-16-46)57(68)70-52-39-60-32-27-44(52)28-33-60/h1-2,4-7,9-10,12-16,18-26,44,49,52,63-64H,3,8,11,17,27-40H2,(H,59,65)/t49-,52-/m0/s1. The number of carbonyl (C=O) groups excluding carboxylic acids is 3. The summed E-state index contributed by atoms with van der Waals surface area (Å²) in [5.74, 6) is 0.898. The van der Waals surface area contributed by atoms with Gasteiger partial charge in [0.15, 0.2) is 0 Å². The highest BCUT2D eigenvalue weighted by Crippen LogP contribution is 2.40. The lowest BCUT2D eigenvalue weighted by atomic mass is 9.72. The number of aromatic hydroxyl groups is 1. The number of esters is 1.